The molecule has 0 aliphatic heterocycles. The van der Waals surface area contributed by atoms with Gasteiger partial charge in [0.05, 0.1) is 22.2 Å². The van der Waals surface area contributed by atoms with Crippen LogP contribution in [0.1, 0.15) is 29.5 Å². The summed E-state index contributed by atoms with van der Waals surface area (Å²) in [5.41, 5.74) is 5.12. The summed E-state index contributed by atoms with van der Waals surface area (Å²) in [6, 6.07) is 12.0. The second-order valence-electron chi connectivity index (χ2n) is 7.34. The summed E-state index contributed by atoms with van der Waals surface area (Å²) < 4.78 is 8.20. The Kier molecular flexibility index (Phi) is 3.79. The summed E-state index contributed by atoms with van der Waals surface area (Å²) in [4.78, 5) is 18.4. The number of aryl methyl sites for hydroxylation is 2. The van der Waals surface area contributed by atoms with E-state index in [0.29, 0.717) is 4.53 Å². The number of aromatic nitrogens is 2. The lowest BCUT2D eigenvalue weighted by atomic mass is 10.1. The minimum absolute atomic E-state index is 0.00480. The molecule has 5 rings (SSSR count). The van der Waals surface area contributed by atoms with Gasteiger partial charge in [0.15, 0.2) is 4.96 Å². The van der Waals surface area contributed by atoms with Gasteiger partial charge in [-0.25, -0.2) is 9.38 Å². The lowest BCUT2D eigenvalue weighted by Gasteiger charge is -2.04. The summed E-state index contributed by atoms with van der Waals surface area (Å²) >= 11 is 1.44. The Labute approximate surface area is 160 Å². The molecule has 1 saturated carbocycles. The number of hydrogen-bond donors (Lipinski definition) is 0. The predicted molar refractivity (Wildman–Crippen MR) is 110 cm³/mol. The van der Waals surface area contributed by atoms with E-state index in [0.717, 1.165) is 45.4 Å². The predicted octanol–water partition coefficient (Wildman–Crippen LogP) is 3.86. The number of hydrogen-bond acceptors (Lipinski definition) is 4. The number of fused-ring (bicyclic) bond motifs is 3. The molecule has 0 spiro atoms. The van der Waals surface area contributed by atoms with Gasteiger partial charge < -0.3 is 4.74 Å². The maximum Gasteiger partial charge on any atom is 0.274 e. The van der Waals surface area contributed by atoms with Crippen LogP contribution in [0, 0.1) is 19.8 Å². The van der Waals surface area contributed by atoms with Gasteiger partial charge in [-0.1, -0.05) is 29.5 Å². The normalized spacial score (nSPS) is 15.1. The van der Waals surface area contributed by atoms with Crippen molar-refractivity contribution in [1.82, 2.24) is 9.38 Å². The Hall–Kier alpha value is -2.66. The second kappa shape index (κ2) is 6.20. The highest BCUT2D eigenvalue weighted by Gasteiger charge is 2.21. The Bertz CT molecular complexity index is 1260. The first-order valence-corrected chi connectivity index (χ1v) is 10.1. The third-order valence-electron chi connectivity index (χ3n) is 5.30. The summed E-state index contributed by atoms with van der Waals surface area (Å²) in [5.74, 6) is 1.63. The molecule has 0 N–H and O–H groups in total. The summed E-state index contributed by atoms with van der Waals surface area (Å²) in [7, 11) is 0. The zero-order valence-corrected chi connectivity index (χ0v) is 16.2. The molecular formula is C22H20N2O2S. The summed E-state index contributed by atoms with van der Waals surface area (Å²) in [6.45, 7) is 4.93. The van der Waals surface area contributed by atoms with Gasteiger partial charge in [-0.3, -0.25) is 4.79 Å². The fourth-order valence-corrected chi connectivity index (χ4v) is 4.26. The molecule has 1 aliphatic carbocycles. The molecule has 0 unspecified atom stereocenters. The van der Waals surface area contributed by atoms with Crippen LogP contribution in [0.4, 0.5) is 0 Å². The van der Waals surface area contributed by atoms with Gasteiger partial charge in [0, 0.05) is 0 Å². The smallest absolute Gasteiger partial charge is 0.274 e. The summed E-state index contributed by atoms with van der Waals surface area (Å²) in [5, 5.41) is 0. The second-order valence-corrected chi connectivity index (χ2v) is 8.35. The topological polar surface area (TPSA) is 43.6 Å². The van der Waals surface area contributed by atoms with Gasteiger partial charge in [-0.2, -0.15) is 0 Å². The van der Waals surface area contributed by atoms with Crippen LogP contribution >= 0.6 is 11.3 Å². The SMILES string of the molecule is Cc1ccc2c(nc3s/c(=C\c4ccc(OCC5CC5)cc4)c(=O)n32)c1C. The highest BCUT2D eigenvalue weighted by atomic mass is 32.1. The Morgan fingerprint density at radius 1 is 1.19 bits per heavy atom. The van der Waals surface area contributed by atoms with Crippen LogP contribution in [0.5, 0.6) is 5.75 Å². The number of thiazole rings is 1. The van der Waals surface area contributed by atoms with Crippen molar-refractivity contribution in [3.63, 3.8) is 0 Å². The van der Waals surface area contributed by atoms with E-state index in [4.69, 9.17) is 9.72 Å². The lowest BCUT2D eigenvalue weighted by Crippen LogP contribution is -2.22. The molecular weight excluding hydrogens is 356 g/mol. The van der Waals surface area contributed by atoms with E-state index in [1.165, 1.54) is 29.7 Å². The van der Waals surface area contributed by atoms with E-state index in [1.54, 1.807) is 4.40 Å². The van der Waals surface area contributed by atoms with Crippen molar-refractivity contribution >= 4 is 33.4 Å². The molecule has 27 heavy (non-hydrogen) atoms. The van der Waals surface area contributed by atoms with Crippen molar-refractivity contribution < 1.29 is 4.74 Å². The third-order valence-corrected chi connectivity index (χ3v) is 6.26. The molecule has 0 amide bonds. The molecule has 0 bridgehead atoms. The average molecular weight is 376 g/mol. The lowest BCUT2D eigenvalue weighted by molar-refractivity contribution is 0.300. The minimum Gasteiger partial charge on any atom is -0.493 e. The van der Waals surface area contributed by atoms with E-state index >= 15 is 0 Å². The fraction of sp³-hybridized carbons (Fsp3) is 0.273. The monoisotopic (exact) mass is 376 g/mol. The van der Waals surface area contributed by atoms with Crippen molar-refractivity contribution in [2.24, 2.45) is 5.92 Å². The highest BCUT2D eigenvalue weighted by molar-refractivity contribution is 7.15. The molecule has 4 nitrogen and oxygen atoms in total. The number of rotatable bonds is 4. The van der Waals surface area contributed by atoms with Crippen LogP contribution in [-0.2, 0) is 0 Å². The van der Waals surface area contributed by atoms with Gasteiger partial charge in [0.2, 0.25) is 0 Å². The summed E-state index contributed by atoms with van der Waals surface area (Å²) in [6.07, 6.45) is 4.50. The van der Waals surface area contributed by atoms with Crippen LogP contribution in [-0.4, -0.2) is 16.0 Å². The molecule has 1 aliphatic rings. The Morgan fingerprint density at radius 2 is 1.96 bits per heavy atom. The number of ether oxygens (including phenoxy) is 1. The molecule has 1 fully saturated rings. The zero-order chi connectivity index (χ0) is 18.5. The number of nitrogens with zero attached hydrogens (tertiary/aromatic N) is 2. The van der Waals surface area contributed by atoms with Crippen LogP contribution in [0.15, 0.2) is 41.2 Å². The maximum absolute atomic E-state index is 12.9. The van der Waals surface area contributed by atoms with Crippen LogP contribution in [0.2, 0.25) is 0 Å². The van der Waals surface area contributed by atoms with Crippen LogP contribution in [0.25, 0.3) is 22.1 Å². The largest absolute Gasteiger partial charge is 0.493 e. The van der Waals surface area contributed by atoms with E-state index in [-0.39, 0.29) is 5.56 Å². The molecule has 2 heterocycles. The first-order valence-electron chi connectivity index (χ1n) is 9.26. The zero-order valence-electron chi connectivity index (χ0n) is 15.4. The quantitative estimate of drug-likeness (QED) is 0.543. The van der Waals surface area contributed by atoms with Crippen molar-refractivity contribution in [2.45, 2.75) is 26.7 Å². The van der Waals surface area contributed by atoms with Gasteiger partial charge in [-0.05, 0) is 73.6 Å². The molecule has 136 valence electrons. The first kappa shape index (κ1) is 16.5. The van der Waals surface area contributed by atoms with E-state index in [1.807, 2.05) is 42.5 Å². The molecule has 2 aromatic carbocycles. The van der Waals surface area contributed by atoms with E-state index in [2.05, 4.69) is 13.8 Å². The molecule has 5 heteroatoms. The van der Waals surface area contributed by atoms with Gasteiger partial charge in [0.1, 0.15) is 5.75 Å². The third kappa shape index (κ3) is 2.92. The fourth-order valence-electron chi connectivity index (χ4n) is 3.28. The number of imidazole rings is 1. The van der Waals surface area contributed by atoms with E-state index < -0.39 is 0 Å². The van der Waals surface area contributed by atoms with Gasteiger partial charge in [0.25, 0.3) is 5.56 Å². The minimum atomic E-state index is -0.00480. The molecule has 0 saturated heterocycles. The standard InChI is InChI=1S/C22H20N2O2S/c1-13-3-10-18-20(14(13)2)23-22-24(18)21(25)19(27-22)11-15-6-8-17(9-7-15)26-12-16-4-5-16/h3,6-11,16H,4-5,12H2,1-2H3/b19-11-. The number of benzene rings is 2. The van der Waals surface area contributed by atoms with Gasteiger partial charge in [-0.15, -0.1) is 0 Å². The highest BCUT2D eigenvalue weighted by Crippen LogP contribution is 2.29. The van der Waals surface area contributed by atoms with Crippen molar-refractivity contribution in [3.8, 4) is 5.75 Å². The maximum atomic E-state index is 12.9. The van der Waals surface area contributed by atoms with Gasteiger partial charge >= 0.3 is 0 Å². The Morgan fingerprint density at radius 3 is 2.70 bits per heavy atom. The van der Waals surface area contributed by atoms with E-state index in [9.17, 15) is 4.79 Å². The van der Waals surface area contributed by atoms with Crippen molar-refractivity contribution in [3.05, 3.63) is 68.0 Å². The molecule has 2 aromatic heterocycles. The average Bonchev–Trinajstić information content (AvgIpc) is 3.36. The van der Waals surface area contributed by atoms with Crippen LogP contribution in [0.3, 0.4) is 0 Å². The Balaban J connectivity index is 1.53. The molecule has 4 aromatic rings. The molecule has 0 atom stereocenters. The van der Waals surface area contributed by atoms with Crippen molar-refractivity contribution in [2.75, 3.05) is 6.61 Å². The molecule has 0 radical (unpaired) electrons. The van der Waals surface area contributed by atoms with Crippen LogP contribution < -0.4 is 14.8 Å². The van der Waals surface area contributed by atoms with Crippen molar-refractivity contribution in [1.29, 1.82) is 0 Å². The first-order chi connectivity index (χ1) is 13.1.